The van der Waals surface area contributed by atoms with Gasteiger partial charge in [0, 0.05) is 19.8 Å². The van der Waals surface area contributed by atoms with Crippen LogP contribution in [0.15, 0.2) is 36.4 Å². The van der Waals surface area contributed by atoms with Crippen molar-refractivity contribution in [1.82, 2.24) is 5.32 Å². The number of carbonyl (C=O) groups is 1. The Morgan fingerprint density at radius 3 is 2.65 bits per heavy atom. The molecule has 2 aromatic rings. The molecule has 0 spiro atoms. The maximum atomic E-state index is 12.2. The second-order valence-corrected chi connectivity index (χ2v) is 5.54. The molecule has 1 N–H and O–H groups in total. The van der Waals surface area contributed by atoms with Crippen molar-refractivity contribution in [3.8, 4) is 5.75 Å². The maximum absolute atomic E-state index is 12.2. The van der Waals surface area contributed by atoms with E-state index in [4.69, 9.17) is 9.47 Å². The standard InChI is InChI=1S/C19H25NO3/c1-4-23-11-5-10-20-19(21)14(2)15-6-7-17-13-18(22-3)9-8-16(17)12-15/h6-9,12-14H,4-5,10-11H2,1-3H3,(H,20,21). The molecule has 0 aromatic heterocycles. The van der Waals surface area contributed by atoms with E-state index < -0.39 is 0 Å². The van der Waals surface area contributed by atoms with E-state index in [1.165, 1.54) is 0 Å². The first-order valence-electron chi connectivity index (χ1n) is 8.09. The summed E-state index contributed by atoms with van der Waals surface area (Å²) < 4.78 is 10.5. The zero-order valence-electron chi connectivity index (χ0n) is 14.1. The molecule has 0 saturated heterocycles. The third-order valence-electron chi connectivity index (χ3n) is 3.93. The number of benzene rings is 2. The molecule has 0 fully saturated rings. The predicted octanol–water partition coefficient (Wildman–Crippen LogP) is 3.49. The van der Waals surface area contributed by atoms with E-state index in [0.29, 0.717) is 19.8 Å². The molecule has 0 aliphatic rings. The third kappa shape index (κ3) is 4.70. The van der Waals surface area contributed by atoms with Gasteiger partial charge in [0.25, 0.3) is 0 Å². The SMILES string of the molecule is CCOCCCNC(=O)C(C)c1ccc2cc(OC)ccc2c1. The number of hydrogen-bond donors (Lipinski definition) is 1. The van der Waals surface area contributed by atoms with Crippen molar-refractivity contribution in [3.05, 3.63) is 42.0 Å². The van der Waals surface area contributed by atoms with E-state index in [2.05, 4.69) is 11.4 Å². The topological polar surface area (TPSA) is 47.6 Å². The molecule has 0 aliphatic carbocycles. The number of hydrogen-bond acceptors (Lipinski definition) is 3. The Morgan fingerprint density at radius 2 is 1.91 bits per heavy atom. The van der Waals surface area contributed by atoms with Gasteiger partial charge >= 0.3 is 0 Å². The molecule has 4 nitrogen and oxygen atoms in total. The lowest BCUT2D eigenvalue weighted by molar-refractivity contribution is -0.122. The smallest absolute Gasteiger partial charge is 0.227 e. The number of rotatable bonds is 8. The molecular weight excluding hydrogens is 290 g/mol. The van der Waals surface area contributed by atoms with Gasteiger partial charge in [-0.2, -0.15) is 0 Å². The van der Waals surface area contributed by atoms with Crippen LogP contribution in [-0.2, 0) is 9.53 Å². The molecule has 0 heterocycles. The Hall–Kier alpha value is -2.07. The van der Waals surface area contributed by atoms with Gasteiger partial charge in [0.1, 0.15) is 5.75 Å². The number of amides is 1. The van der Waals surface area contributed by atoms with E-state index in [1.807, 2.05) is 44.2 Å². The van der Waals surface area contributed by atoms with Gasteiger partial charge in [-0.1, -0.05) is 24.3 Å². The highest BCUT2D eigenvalue weighted by atomic mass is 16.5. The molecule has 124 valence electrons. The molecule has 1 unspecified atom stereocenters. The Kier molecular flexibility index (Phi) is 6.41. The van der Waals surface area contributed by atoms with Crippen molar-refractivity contribution >= 4 is 16.7 Å². The van der Waals surface area contributed by atoms with E-state index in [-0.39, 0.29) is 11.8 Å². The first-order chi connectivity index (χ1) is 11.2. The minimum Gasteiger partial charge on any atom is -0.497 e. The van der Waals surface area contributed by atoms with Crippen LogP contribution in [-0.4, -0.2) is 32.8 Å². The summed E-state index contributed by atoms with van der Waals surface area (Å²) in [5.74, 6) is 0.716. The second kappa shape index (κ2) is 8.53. The number of fused-ring (bicyclic) bond motifs is 1. The van der Waals surface area contributed by atoms with Gasteiger partial charge in [0.2, 0.25) is 5.91 Å². The van der Waals surface area contributed by atoms with Gasteiger partial charge < -0.3 is 14.8 Å². The Morgan fingerprint density at radius 1 is 1.17 bits per heavy atom. The normalized spacial score (nSPS) is 12.1. The van der Waals surface area contributed by atoms with Gasteiger partial charge in [-0.05, 0) is 48.7 Å². The molecule has 0 aliphatic heterocycles. The Labute approximate surface area is 137 Å². The minimum atomic E-state index is -0.173. The maximum Gasteiger partial charge on any atom is 0.227 e. The monoisotopic (exact) mass is 315 g/mol. The van der Waals surface area contributed by atoms with Crippen molar-refractivity contribution in [2.24, 2.45) is 0 Å². The van der Waals surface area contributed by atoms with E-state index in [0.717, 1.165) is 28.5 Å². The van der Waals surface area contributed by atoms with Crippen molar-refractivity contribution in [3.63, 3.8) is 0 Å². The molecule has 0 bridgehead atoms. The number of methoxy groups -OCH3 is 1. The molecule has 0 radical (unpaired) electrons. The lowest BCUT2D eigenvalue weighted by atomic mass is 9.97. The lowest BCUT2D eigenvalue weighted by Crippen LogP contribution is -2.29. The first kappa shape index (κ1) is 17.3. The summed E-state index contributed by atoms with van der Waals surface area (Å²) in [6, 6.07) is 12.1. The van der Waals surface area contributed by atoms with Crippen LogP contribution in [0.25, 0.3) is 10.8 Å². The minimum absolute atomic E-state index is 0.0503. The van der Waals surface area contributed by atoms with Crippen LogP contribution in [0.3, 0.4) is 0 Å². The quantitative estimate of drug-likeness (QED) is 0.759. The van der Waals surface area contributed by atoms with Gasteiger partial charge in [-0.25, -0.2) is 0 Å². The van der Waals surface area contributed by atoms with Crippen molar-refractivity contribution < 1.29 is 14.3 Å². The molecular formula is C19H25NO3. The highest BCUT2D eigenvalue weighted by molar-refractivity contribution is 5.88. The van der Waals surface area contributed by atoms with Crippen LogP contribution in [0, 0.1) is 0 Å². The fraction of sp³-hybridized carbons (Fsp3) is 0.421. The number of ether oxygens (including phenoxy) is 2. The van der Waals surface area contributed by atoms with Crippen LogP contribution < -0.4 is 10.1 Å². The molecule has 2 rings (SSSR count). The zero-order valence-corrected chi connectivity index (χ0v) is 14.1. The highest BCUT2D eigenvalue weighted by Gasteiger charge is 2.15. The number of carbonyl (C=O) groups excluding carboxylic acids is 1. The fourth-order valence-electron chi connectivity index (χ4n) is 2.47. The van der Waals surface area contributed by atoms with Crippen LogP contribution >= 0.6 is 0 Å². The van der Waals surface area contributed by atoms with Crippen LogP contribution in [0.2, 0.25) is 0 Å². The summed E-state index contributed by atoms with van der Waals surface area (Å²) in [6.07, 6.45) is 0.837. The van der Waals surface area contributed by atoms with Crippen molar-refractivity contribution in [2.75, 3.05) is 26.9 Å². The zero-order chi connectivity index (χ0) is 16.7. The molecule has 23 heavy (non-hydrogen) atoms. The lowest BCUT2D eigenvalue weighted by Gasteiger charge is -2.13. The summed E-state index contributed by atoms with van der Waals surface area (Å²) >= 11 is 0. The van der Waals surface area contributed by atoms with Crippen molar-refractivity contribution in [1.29, 1.82) is 0 Å². The largest absolute Gasteiger partial charge is 0.497 e. The summed E-state index contributed by atoms with van der Waals surface area (Å²) in [5.41, 5.74) is 1.02. The molecule has 0 saturated carbocycles. The van der Waals surface area contributed by atoms with Gasteiger partial charge in [0.15, 0.2) is 0 Å². The molecule has 1 amide bonds. The molecule has 2 aromatic carbocycles. The van der Waals surface area contributed by atoms with Crippen molar-refractivity contribution in [2.45, 2.75) is 26.2 Å². The van der Waals surface area contributed by atoms with Crippen LogP contribution in [0.4, 0.5) is 0 Å². The molecule has 4 heteroatoms. The summed E-state index contributed by atoms with van der Waals surface area (Å²) in [5, 5.41) is 5.19. The summed E-state index contributed by atoms with van der Waals surface area (Å²) in [7, 11) is 1.66. The highest BCUT2D eigenvalue weighted by Crippen LogP contribution is 2.25. The third-order valence-corrected chi connectivity index (χ3v) is 3.93. The number of nitrogens with one attached hydrogen (secondary N) is 1. The van der Waals surface area contributed by atoms with Gasteiger partial charge in [0.05, 0.1) is 13.0 Å². The summed E-state index contributed by atoms with van der Waals surface area (Å²) in [4.78, 5) is 12.2. The molecule has 1 atom stereocenters. The van der Waals surface area contributed by atoms with Gasteiger partial charge in [-0.3, -0.25) is 4.79 Å². The first-order valence-corrected chi connectivity index (χ1v) is 8.09. The predicted molar refractivity (Wildman–Crippen MR) is 93.0 cm³/mol. The van der Waals surface area contributed by atoms with Crippen LogP contribution in [0.5, 0.6) is 5.75 Å². The van der Waals surface area contributed by atoms with E-state index >= 15 is 0 Å². The Balaban J connectivity index is 1.99. The fourth-order valence-corrected chi connectivity index (χ4v) is 2.47. The average molecular weight is 315 g/mol. The second-order valence-electron chi connectivity index (χ2n) is 5.54. The van der Waals surface area contributed by atoms with Crippen LogP contribution in [0.1, 0.15) is 31.7 Å². The Bertz CT molecular complexity index is 654. The summed E-state index contributed by atoms with van der Waals surface area (Å²) in [6.45, 7) is 5.95. The van der Waals surface area contributed by atoms with E-state index in [9.17, 15) is 4.79 Å². The average Bonchev–Trinajstić information content (AvgIpc) is 2.59. The van der Waals surface area contributed by atoms with Gasteiger partial charge in [-0.15, -0.1) is 0 Å². The van der Waals surface area contributed by atoms with E-state index in [1.54, 1.807) is 7.11 Å².